The summed E-state index contributed by atoms with van der Waals surface area (Å²) in [6.07, 6.45) is 9.55. The second-order valence-corrected chi connectivity index (χ2v) is 7.41. The molecule has 0 radical (unpaired) electrons. The summed E-state index contributed by atoms with van der Waals surface area (Å²) in [6, 6.07) is 7.34. The molecule has 0 saturated heterocycles. The average Bonchev–Trinajstić information content (AvgIpc) is 2.94. The first-order chi connectivity index (χ1) is 10.3. The zero-order chi connectivity index (χ0) is 14.7. The van der Waals surface area contributed by atoms with Crippen molar-refractivity contribution in [1.29, 1.82) is 0 Å². The van der Waals surface area contributed by atoms with Gasteiger partial charge in [0.15, 0.2) is 0 Å². The van der Waals surface area contributed by atoms with E-state index in [0.717, 1.165) is 24.3 Å². The van der Waals surface area contributed by atoms with Crippen molar-refractivity contribution >= 4 is 0 Å². The van der Waals surface area contributed by atoms with Crippen LogP contribution in [0.25, 0.3) is 0 Å². The third kappa shape index (κ3) is 3.69. The van der Waals surface area contributed by atoms with Crippen LogP contribution in [0.3, 0.4) is 0 Å². The van der Waals surface area contributed by atoms with Crippen LogP contribution in [-0.2, 0) is 19.3 Å². The highest BCUT2D eigenvalue weighted by atomic mass is 14.8. The van der Waals surface area contributed by atoms with Gasteiger partial charge in [-0.3, -0.25) is 0 Å². The van der Waals surface area contributed by atoms with Crippen LogP contribution in [0.4, 0.5) is 0 Å². The van der Waals surface area contributed by atoms with Crippen LogP contribution in [0.5, 0.6) is 0 Å². The van der Waals surface area contributed by atoms with Crippen molar-refractivity contribution in [3.05, 3.63) is 34.9 Å². The molecule has 1 saturated carbocycles. The van der Waals surface area contributed by atoms with Crippen LogP contribution < -0.4 is 5.32 Å². The number of nitrogens with one attached hydrogen (secondary N) is 1. The van der Waals surface area contributed by atoms with Gasteiger partial charge in [0.1, 0.15) is 0 Å². The normalized spacial score (nSPS) is 28.6. The molecule has 116 valence electrons. The highest BCUT2D eigenvalue weighted by molar-refractivity contribution is 5.35. The van der Waals surface area contributed by atoms with E-state index in [4.69, 9.17) is 0 Å². The Morgan fingerprint density at radius 3 is 2.81 bits per heavy atom. The first-order valence-corrected chi connectivity index (χ1v) is 9.07. The minimum atomic E-state index is 0.882. The lowest BCUT2D eigenvalue weighted by Gasteiger charge is -2.35. The Labute approximate surface area is 130 Å². The molecular formula is C20H31N. The third-order valence-electron chi connectivity index (χ3n) is 5.72. The van der Waals surface area contributed by atoms with Gasteiger partial charge in [0.2, 0.25) is 0 Å². The van der Waals surface area contributed by atoms with Crippen molar-refractivity contribution < 1.29 is 0 Å². The number of benzene rings is 1. The Balaban J connectivity index is 1.68. The van der Waals surface area contributed by atoms with Crippen molar-refractivity contribution in [3.63, 3.8) is 0 Å². The molecule has 1 aromatic carbocycles. The molecule has 0 aliphatic heterocycles. The lowest BCUT2D eigenvalue weighted by atomic mass is 9.72. The SMILES string of the molecule is CCNCC1CCC(C)CC1Cc1ccc2c(c1)CCC2. The van der Waals surface area contributed by atoms with Gasteiger partial charge in [-0.25, -0.2) is 0 Å². The van der Waals surface area contributed by atoms with E-state index in [0.29, 0.717) is 0 Å². The van der Waals surface area contributed by atoms with Crippen molar-refractivity contribution in [3.8, 4) is 0 Å². The van der Waals surface area contributed by atoms with Crippen molar-refractivity contribution in [1.82, 2.24) is 5.32 Å². The summed E-state index contributed by atoms with van der Waals surface area (Å²) in [5.41, 5.74) is 4.84. The maximum Gasteiger partial charge on any atom is -0.00179 e. The third-order valence-corrected chi connectivity index (χ3v) is 5.72. The van der Waals surface area contributed by atoms with Gasteiger partial charge >= 0.3 is 0 Å². The van der Waals surface area contributed by atoms with Crippen LogP contribution >= 0.6 is 0 Å². The fourth-order valence-electron chi connectivity index (χ4n) is 4.46. The number of rotatable bonds is 5. The smallest absolute Gasteiger partial charge is 0.00179 e. The van der Waals surface area contributed by atoms with Crippen molar-refractivity contribution in [2.24, 2.45) is 17.8 Å². The van der Waals surface area contributed by atoms with Gasteiger partial charge in [-0.1, -0.05) is 38.5 Å². The molecule has 3 atom stereocenters. The number of aryl methyl sites for hydroxylation is 2. The first kappa shape index (κ1) is 15.1. The van der Waals surface area contributed by atoms with E-state index in [1.54, 1.807) is 16.7 Å². The molecule has 2 aliphatic carbocycles. The van der Waals surface area contributed by atoms with Crippen LogP contribution in [0.15, 0.2) is 18.2 Å². The van der Waals surface area contributed by atoms with Crippen LogP contribution in [0, 0.1) is 17.8 Å². The molecule has 2 aliphatic rings. The molecule has 0 aromatic heterocycles. The molecule has 0 heterocycles. The molecule has 0 bridgehead atoms. The number of hydrogen-bond acceptors (Lipinski definition) is 1. The second kappa shape index (κ2) is 6.96. The Hall–Kier alpha value is -0.820. The predicted molar refractivity (Wildman–Crippen MR) is 90.7 cm³/mol. The summed E-state index contributed by atoms with van der Waals surface area (Å²) in [7, 11) is 0. The number of hydrogen-bond donors (Lipinski definition) is 1. The molecule has 1 N–H and O–H groups in total. The molecule has 1 nitrogen and oxygen atoms in total. The molecule has 1 aromatic rings. The summed E-state index contributed by atoms with van der Waals surface area (Å²) in [4.78, 5) is 0. The summed E-state index contributed by atoms with van der Waals surface area (Å²) < 4.78 is 0. The van der Waals surface area contributed by atoms with E-state index < -0.39 is 0 Å². The molecule has 0 amide bonds. The van der Waals surface area contributed by atoms with Crippen molar-refractivity contribution in [2.75, 3.05) is 13.1 Å². The molecule has 0 spiro atoms. The van der Waals surface area contributed by atoms with Gasteiger partial charge in [0.05, 0.1) is 0 Å². The fraction of sp³-hybridized carbons (Fsp3) is 0.700. The minimum absolute atomic E-state index is 0.882. The Kier molecular flexibility index (Phi) is 5.00. The zero-order valence-electron chi connectivity index (χ0n) is 13.8. The lowest BCUT2D eigenvalue weighted by Crippen LogP contribution is -2.33. The second-order valence-electron chi connectivity index (χ2n) is 7.41. The summed E-state index contributed by atoms with van der Waals surface area (Å²) in [6.45, 7) is 7.00. The highest BCUT2D eigenvalue weighted by Crippen LogP contribution is 2.36. The summed E-state index contributed by atoms with van der Waals surface area (Å²) in [5, 5.41) is 3.59. The van der Waals surface area contributed by atoms with Crippen LogP contribution in [0.2, 0.25) is 0 Å². The maximum absolute atomic E-state index is 3.59. The van der Waals surface area contributed by atoms with Crippen LogP contribution in [-0.4, -0.2) is 13.1 Å². The standard InChI is InChI=1S/C20H31N/c1-3-21-14-19-9-7-15(2)11-20(19)13-16-8-10-17-5-4-6-18(17)12-16/h8,10,12,15,19-21H,3-7,9,11,13-14H2,1-2H3. The molecule has 1 fully saturated rings. The van der Waals surface area contributed by atoms with Gasteiger partial charge in [0, 0.05) is 0 Å². The van der Waals surface area contributed by atoms with E-state index in [9.17, 15) is 0 Å². The van der Waals surface area contributed by atoms with Gasteiger partial charge in [-0.05, 0) is 86.1 Å². The topological polar surface area (TPSA) is 12.0 Å². The predicted octanol–water partition coefficient (Wildman–Crippen LogP) is 4.38. The molecule has 3 rings (SSSR count). The van der Waals surface area contributed by atoms with Gasteiger partial charge in [0.25, 0.3) is 0 Å². The molecule has 3 unspecified atom stereocenters. The van der Waals surface area contributed by atoms with E-state index in [1.807, 2.05) is 0 Å². The average molecular weight is 285 g/mol. The van der Waals surface area contributed by atoms with Gasteiger partial charge in [-0.15, -0.1) is 0 Å². The quantitative estimate of drug-likeness (QED) is 0.846. The fourth-order valence-corrected chi connectivity index (χ4v) is 4.46. The highest BCUT2D eigenvalue weighted by Gasteiger charge is 2.28. The Bertz CT molecular complexity index is 463. The molecule has 1 heteroatoms. The largest absolute Gasteiger partial charge is 0.317 e. The molecular weight excluding hydrogens is 254 g/mol. The summed E-state index contributed by atoms with van der Waals surface area (Å²) >= 11 is 0. The van der Waals surface area contributed by atoms with Crippen LogP contribution in [0.1, 0.15) is 56.2 Å². The maximum atomic E-state index is 3.59. The zero-order valence-corrected chi connectivity index (χ0v) is 13.8. The van der Waals surface area contributed by atoms with Gasteiger partial charge < -0.3 is 5.32 Å². The van der Waals surface area contributed by atoms with Crippen molar-refractivity contribution in [2.45, 2.75) is 58.8 Å². The Morgan fingerprint density at radius 1 is 1.10 bits per heavy atom. The van der Waals surface area contributed by atoms with Gasteiger partial charge in [-0.2, -0.15) is 0 Å². The monoisotopic (exact) mass is 285 g/mol. The Morgan fingerprint density at radius 2 is 1.95 bits per heavy atom. The first-order valence-electron chi connectivity index (χ1n) is 9.07. The van der Waals surface area contributed by atoms with E-state index in [-0.39, 0.29) is 0 Å². The minimum Gasteiger partial charge on any atom is -0.317 e. The van der Waals surface area contributed by atoms with E-state index >= 15 is 0 Å². The summed E-state index contributed by atoms with van der Waals surface area (Å²) in [5.74, 6) is 2.68. The lowest BCUT2D eigenvalue weighted by molar-refractivity contribution is 0.184. The number of fused-ring (bicyclic) bond motifs is 1. The van der Waals surface area contributed by atoms with E-state index in [1.165, 1.54) is 51.5 Å². The van der Waals surface area contributed by atoms with E-state index in [2.05, 4.69) is 37.4 Å². The molecule has 21 heavy (non-hydrogen) atoms.